The second-order valence-electron chi connectivity index (χ2n) is 3.19. The molecule has 5 heteroatoms. The molecule has 1 heterocycles. The molecule has 17 heavy (non-hydrogen) atoms. The number of nitrogens with zero attached hydrogens (tertiary/aromatic N) is 1. The van der Waals surface area contributed by atoms with Gasteiger partial charge < -0.3 is 5.11 Å². The average molecular weight is 249 g/mol. The molecule has 0 unspecified atom stereocenters. The minimum absolute atomic E-state index is 0.0363. The third-order valence-electron chi connectivity index (χ3n) is 1.74. The monoisotopic (exact) mass is 249 g/mol. The van der Waals surface area contributed by atoms with Crippen LogP contribution in [0.4, 0.5) is 0 Å². The molecule has 0 radical (unpaired) electrons. The number of carbonyl (C=O) groups is 2. The van der Waals surface area contributed by atoms with E-state index in [1.807, 2.05) is 0 Å². The molecular formula is C12H11NO3S. The lowest BCUT2D eigenvalue weighted by Crippen LogP contribution is -2.01. The Labute approximate surface area is 103 Å². The molecule has 0 atom stereocenters. The molecule has 0 aliphatic carbocycles. The van der Waals surface area contributed by atoms with Gasteiger partial charge in [-0.25, -0.2) is 0 Å². The number of hydrogen-bond donors (Lipinski definition) is 1. The van der Waals surface area contributed by atoms with Crippen LogP contribution in [-0.2, 0) is 16.0 Å². The van der Waals surface area contributed by atoms with Crippen LogP contribution in [-0.4, -0.2) is 26.9 Å². The van der Waals surface area contributed by atoms with Crippen LogP contribution >= 0.6 is 11.8 Å². The van der Waals surface area contributed by atoms with Gasteiger partial charge >= 0.3 is 5.97 Å². The van der Waals surface area contributed by atoms with Crippen molar-refractivity contribution in [3.63, 3.8) is 0 Å². The quantitative estimate of drug-likeness (QED) is 0.819. The maximum atomic E-state index is 10.6. The summed E-state index contributed by atoms with van der Waals surface area (Å²) in [5, 5.41) is 8.60. The van der Waals surface area contributed by atoms with Crippen LogP contribution in [0.3, 0.4) is 0 Å². The van der Waals surface area contributed by atoms with E-state index in [0.29, 0.717) is 17.0 Å². The molecular weight excluding hydrogens is 238 g/mol. The average Bonchev–Trinajstić information content (AvgIpc) is 2.25. The zero-order chi connectivity index (χ0) is 12.7. The van der Waals surface area contributed by atoms with Crippen molar-refractivity contribution in [2.24, 2.45) is 0 Å². The summed E-state index contributed by atoms with van der Waals surface area (Å²) in [7, 11) is 0. The number of aromatic nitrogens is 1. The van der Waals surface area contributed by atoms with E-state index in [1.165, 1.54) is 13.1 Å². The zero-order valence-corrected chi connectivity index (χ0v) is 10.1. The number of hydrogen-bond acceptors (Lipinski definition) is 4. The van der Waals surface area contributed by atoms with Crippen LogP contribution in [0.2, 0.25) is 0 Å². The predicted molar refractivity (Wildman–Crippen MR) is 65.6 cm³/mol. The Kier molecular flexibility index (Phi) is 5.24. The van der Waals surface area contributed by atoms with E-state index in [1.54, 1.807) is 12.1 Å². The van der Waals surface area contributed by atoms with Crippen molar-refractivity contribution in [2.75, 3.05) is 5.75 Å². The van der Waals surface area contributed by atoms with Gasteiger partial charge in [-0.15, -0.1) is 0 Å². The van der Waals surface area contributed by atoms with Crippen LogP contribution in [0.1, 0.15) is 18.2 Å². The van der Waals surface area contributed by atoms with E-state index in [4.69, 9.17) is 5.11 Å². The van der Waals surface area contributed by atoms with Crippen molar-refractivity contribution < 1.29 is 14.7 Å². The molecule has 4 nitrogen and oxygen atoms in total. The molecule has 1 rings (SSSR count). The molecule has 0 saturated carbocycles. The van der Waals surface area contributed by atoms with Crippen molar-refractivity contribution in [1.29, 1.82) is 0 Å². The third-order valence-corrected chi connectivity index (χ3v) is 2.43. The lowest BCUT2D eigenvalue weighted by Gasteiger charge is -1.95. The molecule has 1 N–H and O–H groups in total. The maximum Gasteiger partial charge on any atom is 0.309 e. The standard InChI is InChI=1S/C12H11NO3S/c1-9(14)17-6-2-3-10-4-5-11(13-8-10)7-12(15)16/h4-5,8H,6-7H2,1H3,(H,15,16). The highest BCUT2D eigenvalue weighted by molar-refractivity contribution is 8.13. The molecule has 0 amide bonds. The van der Waals surface area contributed by atoms with Gasteiger partial charge in [-0.05, 0) is 12.1 Å². The fourth-order valence-corrected chi connectivity index (χ4v) is 1.38. The number of aliphatic carboxylic acids is 1. The summed E-state index contributed by atoms with van der Waals surface area (Å²) in [5.74, 6) is 5.22. The van der Waals surface area contributed by atoms with E-state index in [-0.39, 0.29) is 11.5 Å². The molecule has 1 aromatic rings. The highest BCUT2D eigenvalue weighted by Gasteiger charge is 2.00. The molecule has 0 bridgehead atoms. The Hall–Kier alpha value is -1.80. The van der Waals surface area contributed by atoms with E-state index in [2.05, 4.69) is 16.8 Å². The SMILES string of the molecule is CC(=O)SCC#Cc1ccc(CC(=O)O)nc1. The highest BCUT2D eigenvalue weighted by atomic mass is 32.2. The van der Waals surface area contributed by atoms with Crippen molar-refractivity contribution in [1.82, 2.24) is 4.98 Å². The lowest BCUT2D eigenvalue weighted by molar-refractivity contribution is -0.136. The molecule has 1 aromatic heterocycles. The Morgan fingerprint density at radius 3 is 2.76 bits per heavy atom. The van der Waals surface area contributed by atoms with Crippen LogP contribution in [0.25, 0.3) is 0 Å². The smallest absolute Gasteiger partial charge is 0.309 e. The van der Waals surface area contributed by atoms with Crippen LogP contribution < -0.4 is 0 Å². The predicted octanol–water partition coefficient (Wildman–Crippen LogP) is 1.34. The normalized spacial score (nSPS) is 9.24. The summed E-state index contributed by atoms with van der Waals surface area (Å²) in [6.07, 6.45) is 1.44. The zero-order valence-electron chi connectivity index (χ0n) is 9.27. The summed E-state index contributed by atoms with van der Waals surface area (Å²) in [6.45, 7) is 1.49. The first-order chi connectivity index (χ1) is 8.08. The number of carbonyl (C=O) groups excluding carboxylic acids is 1. The Bertz CT molecular complexity index is 471. The Morgan fingerprint density at radius 1 is 1.47 bits per heavy atom. The minimum atomic E-state index is -0.908. The van der Waals surface area contributed by atoms with Crippen molar-refractivity contribution in [3.8, 4) is 11.8 Å². The number of rotatable bonds is 3. The summed E-state index contributed by atoms with van der Waals surface area (Å²) >= 11 is 1.15. The second-order valence-corrected chi connectivity index (χ2v) is 4.34. The maximum absolute atomic E-state index is 10.6. The van der Waals surface area contributed by atoms with Gasteiger partial charge in [0.1, 0.15) is 0 Å². The number of thioether (sulfide) groups is 1. The van der Waals surface area contributed by atoms with E-state index in [9.17, 15) is 9.59 Å². The van der Waals surface area contributed by atoms with Gasteiger partial charge in [0.2, 0.25) is 0 Å². The van der Waals surface area contributed by atoms with Crippen LogP contribution in [0, 0.1) is 11.8 Å². The highest BCUT2D eigenvalue weighted by Crippen LogP contribution is 2.01. The molecule has 0 saturated heterocycles. The topological polar surface area (TPSA) is 67.3 Å². The first-order valence-corrected chi connectivity index (χ1v) is 5.85. The number of carboxylic acid groups (broad SMARTS) is 1. The number of carboxylic acids is 1. The molecule has 0 aromatic carbocycles. The summed E-state index contributed by atoms with van der Waals surface area (Å²) in [6, 6.07) is 3.35. The third kappa shape index (κ3) is 5.73. The van der Waals surface area contributed by atoms with Gasteiger partial charge in [0.25, 0.3) is 0 Å². The first kappa shape index (κ1) is 13.3. The molecule has 0 fully saturated rings. The Balaban J connectivity index is 2.55. The van der Waals surface area contributed by atoms with Crippen LogP contribution in [0.15, 0.2) is 18.3 Å². The van der Waals surface area contributed by atoms with Crippen molar-refractivity contribution >= 4 is 22.8 Å². The number of pyridine rings is 1. The molecule has 0 aliphatic heterocycles. The van der Waals surface area contributed by atoms with E-state index in [0.717, 1.165) is 11.8 Å². The van der Waals surface area contributed by atoms with Gasteiger partial charge in [-0.3, -0.25) is 14.6 Å². The minimum Gasteiger partial charge on any atom is -0.481 e. The molecule has 0 aliphatic rings. The first-order valence-electron chi connectivity index (χ1n) is 4.87. The molecule has 0 spiro atoms. The largest absolute Gasteiger partial charge is 0.481 e. The van der Waals surface area contributed by atoms with E-state index >= 15 is 0 Å². The molecule has 88 valence electrons. The van der Waals surface area contributed by atoms with Gasteiger partial charge in [-0.2, -0.15) is 0 Å². The summed E-state index contributed by atoms with van der Waals surface area (Å²) in [5.41, 5.74) is 1.21. The fraction of sp³-hybridized carbons (Fsp3) is 0.250. The fourth-order valence-electron chi connectivity index (χ4n) is 1.03. The van der Waals surface area contributed by atoms with Gasteiger partial charge in [0, 0.05) is 18.7 Å². The van der Waals surface area contributed by atoms with E-state index < -0.39 is 5.97 Å². The second kappa shape index (κ2) is 6.71. The summed E-state index contributed by atoms with van der Waals surface area (Å²) < 4.78 is 0. The van der Waals surface area contributed by atoms with Crippen molar-refractivity contribution in [3.05, 3.63) is 29.6 Å². The summed E-state index contributed by atoms with van der Waals surface area (Å²) in [4.78, 5) is 25.0. The lowest BCUT2D eigenvalue weighted by atomic mass is 10.2. The van der Waals surface area contributed by atoms with Gasteiger partial charge in [0.05, 0.1) is 17.9 Å². The van der Waals surface area contributed by atoms with Gasteiger partial charge in [-0.1, -0.05) is 23.6 Å². The van der Waals surface area contributed by atoms with Crippen LogP contribution in [0.5, 0.6) is 0 Å². The van der Waals surface area contributed by atoms with Gasteiger partial charge in [0.15, 0.2) is 5.12 Å². The Morgan fingerprint density at radius 2 is 2.24 bits per heavy atom. The van der Waals surface area contributed by atoms with Crippen molar-refractivity contribution in [2.45, 2.75) is 13.3 Å².